The summed E-state index contributed by atoms with van der Waals surface area (Å²) in [6.45, 7) is 6.60. The molecule has 0 saturated carbocycles. The lowest BCUT2D eigenvalue weighted by Crippen LogP contribution is -2.52. The van der Waals surface area contributed by atoms with Gasteiger partial charge in [-0.1, -0.05) is 13.8 Å². The number of rotatable bonds is 3. The van der Waals surface area contributed by atoms with Crippen molar-refractivity contribution < 1.29 is 33.6 Å². The monoisotopic (exact) mass is 306 g/mol. The Morgan fingerprint density at radius 3 is 1.95 bits per heavy atom. The summed E-state index contributed by atoms with van der Waals surface area (Å²) in [7, 11) is 2.85. The summed E-state index contributed by atoms with van der Waals surface area (Å²) in [5.41, 5.74) is 0. The molecule has 0 aliphatic carbocycles. The summed E-state index contributed by atoms with van der Waals surface area (Å²) in [5.74, 6) is -0.400. The molecule has 0 amide bonds. The van der Waals surface area contributed by atoms with Crippen LogP contribution in [0.4, 0.5) is 0 Å². The van der Waals surface area contributed by atoms with Gasteiger partial charge in [-0.25, -0.2) is 0 Å². The van der Waals surface area contributed by atoms with E-state index in [1.165, 1.54) is 28.1 Å². The molecule has 1 rings (SSSR count). The van der Waals surface area contributed by atoms with Crippen molar-refractivity contribution in [3.05, 3.63) is 0 Å². The van der Waals surface area contributed by atoms with E-state index in [0.717, 1.165) is 0 Å². The second-order valence-corrected chi connectivity index (χ2v) is 4.95. The molecule has 1 N–H and O–H groups in total. The first kappa shape index (κ1) is 19.8. The highest BCUT2D eigenvalue weighted by atomic mass is 16.7. The highest BCUT2D eigenvalue weighted by Crippen LogP contribution is 2.32. The Morgan fingerprint density at radius 1 is 1.10 bits per heavy atom. The maximum atomic E-state index is 11.0. The largest absolute Gasteiger partial charge is 0.469 e. The van der Waals surface area contributed by atoms with Crippen LogP contribution in [-0.4, -0.2) is 56.4 Å². The lowest BCUT2D eigenvalue weighted by atomic mass is 9.83. The van der Waals surface area contributed by atoms with Crippen LogP contribution in [0.15, 0.2) is 0 Å². The van der Waals surface area contributed by atoms with Crippen LogP contribution >= 0.6 is 0 Å². The van der Waals surface area contributed by atoms with Crippen molar-refractivity contribution in [2.45, 2.75) is 46.2 Å². The fourth-order valence-corrected chi connectivity index (χ4v) is 2.01. The first-order valence-corrected chi connectivity index (χ1v) is 6.79. The van der Waals surface area contributed by atoms with Gasteiger partial charge in [0.25, 0.3) is 0 Å². The molecule has 0 radical (unpaired) electrons. The summed E-state index contributed by atoms with van der Waals surface area (Å²) < 4.78 is 20.0. The van der Waals surface area contributed by atoms with Crippen LogP contribution in [0, 0.1) is 11.8 Å². The average Bonchev–Trinajstić information content (AvgIpc) is 2.44. The predicted molar refractivity (Wildman–Crippen MR) is 74.3 cm³/mol. The topological polar surface area (TPSA) is 91.3 Å². The summed E-state index contributed by atoms with van der Waals surface area (Å²) >= 11 is 0. The standard InChI is InChI=1S/C11H20O5.C3H6O2/c1-6-7(2)10(15-8(3)13)11(14-4)16-9(6)5-12;1-3(4)5-2/h6-7,9-12H,5H2,1-4H3;1-2H3/t6-,7-,9?,10?,11-;/m0./s1. The predicted octanol–water partition coefficient (Wildman–Crippen LogP) is 0.733. The van der Waals surface area contributed by atoms with Crippen molar-refractivity contribution in [2.24, 2.45) is 11.8 Å². The van der Waals surface area contributed by atoms with Crippen molar-refractivity contribution in [2.75, 3.05) is 20.8 Å². The molecule has 1 fully saturated rings. The lowest BCUT2D eigenvalue weighted by molar-refractivity contribution is -0.271. The molecule has 1 heterocycles. The van der Waals surface area contributed by atoms with E-state index < -0.39 is 12.4 Å². The molecule has 1 aliphatic rings. The molecular formula is C14H26O7. The Balaban J connectivity index is 0.000000690. The SMILES string of the molecule is COC(C)=O.CO[C@H]1OC(CO)[C@@H](C)[C@H](C)C1OC(C)=O. The second-order valence-electron chi connectivity index (χ2n) is 4.95. The van der Waals surface area contributed by atoms with E-state index in [4.69, 9.17) is 14.2 Å². The van der Waals surface area contributed by atoms with Gasteiger partial charge in [0.1, 0.15) is 0 Å². The molecule has 21 heavy (non-hydrogen) atoms. The summed E-state index contributed by atoms with van der Waals surface area (Å²) in [5, 5.41) is 9.17. The highest BCUT2D eigenvalue weighted by Gasteiger charge is 2.43. The molecule has 5 atom stereocenters. The van der Waals surface area contributed by atoms with Crippen molar-refractivity contribution >= 4 is 11.9 Å². The molecule has 0 bridgehead atoms. The minimum absolute atomic E-state index is 0.0574. The van der Waals surface area contributed by atoms with Gasteiger partial charge in [-0.3, -0.25) is 9.59 Å². The molecule has 1 aliphatic heterocycles. The van der Waals surface area contributed by atoms with Crippen LogP contribution in [-0.2, 0) is 28.5 Å². The van der Waals surface area contributed by atoms with E-state index >= 15 is 0 Å². The van der Waals surface area contributed by atoms with E-state index in [1.807, 2.05) is 13.8 Å². The normalized spacial score (nSPS) is 31.7. The Morgan fingerprint density at radius 2 is 1.62 bits per heavy atom. The number of hydrogen-bond acceptors (Lipinski definition) is 7. The van der Waals surface area contributed by atoms with E-state index in [2.05, 4.69) is 4.74 Å². The third-order valence-corrected chi connectivity index (χ3v) is 3.51. The Kier molecular flexibility index (Phi) is 9.16. The number of aliphatic hydroxyl groups is 1. The van der Waals surface area contributed by atoms with Crippen molar-refractivity contribution in [3.8, 4) is 0 Å². The summed E-state index contributed by atoms with van der Waals surface area (Å²) in [6.07, 6.45) is -1.29. The number of carbonyl (C=O) groups is 2. The highest BCUT2D eigenvalue weighted by molar-refractivity contribution is 5.66. The Labute approximate surface area is 125 Å². The van der Waals surface area contributed by atoms with Gasteiger partial charge < -0.3 is 24.1 Å². The van der Waals surface area contributed by atoms with Crippen molar-refractivity contribution in [1.82, 2.24) is 0 Å². The molecule has 7 nitrogen and oxygen atoms in total. The van der Waals surface area contributed by atoms with Gasteiger partial charge in [0.2, 0.25) is 0 Å². The minimum Gasteiger partial charge on any atom is -0.469 e. The van der Waals surface area contributed by atoms with Gasteiger partial charge in [-0.2, -0.15) is 0 Å². The van der Waals surface area contributed by atoms with Gasteiger partial charge >= 0.3 is 11.9 Å². The minimum atomic E-state index is -0.604. The molecule has 0 aromatic heterocycles. The number of ether oxygens (including phenoxy) is 4. The van der Waals surface area contributed by atoms with E-state index in [9.17, 15) is 14.7 Å². The van der Waals surface area contributed by atoms with E-state index in [-0.39, 0.29) is 36.5 Å². The molecule has 7 heteroatoms. The number of hydrogen-bond donors (Lipinski definition) is 1. The zero-order valence-corrected chi connectivity index (χ0v) is 13.5. The van der Waals surface area contributed by atoms with Crippen molar-refractivity contribution in [3.63, 3.8) is 0 Å². The molecule has 124 valence electrons. The van der Waals surface area contributed by atoms with Crippen LogP contribution in [0.2, 0.25) is 0 Å². The van der Waals surface area contributed by atoms with E-state index in [1.54, 1.807) is 0 Å². The molecule has 0 aromatic rings. The first-order chi connectivity index (χ1) is 9.78. The molecule has 0 aromatic carbocycles. The van der Waals surface area contributed by atoms with Crippen LogP contribution in [0.1, 0.15) is 27.7 Å². The molecule has 2 unspecified atom stereocenters. The summed E-state index contributed by atoms with van der Waals surface area (Å²) in [4.78, 5) is 20.6. The van der Waals surface area contributed by atoms with Crippen LogP contribution in [0.5, 0.6) is 0 Å². The van der Waals surface area contributed by atoms with Crippen LogP contribution in [0.3, 0.4) is 0 Å². The quantitative estimate of drug-likeness (QED) is 0.769. The van der Waals surface area contributed by atoms with Gasteiger partial charge in [0.15, 0.2) is 12.4 Å². The van der Waals surface area contributed by atoms with Crippen LogP contribution < -0.4 is 0 Å². The average molecular weight is 306 g/mol. The van der Waals surface area contributed by atoms with Gasteiger partial charge in [-0.05, 0) is 5.92 Å². The number of aliphatic hydroxyl groups excluding tert-OH is 1. The third kappa shape index (κ3) is 6.41. The Hall–Kier alpha value is -1.18. The zero-order chi connectivity index (χ0) is 16.6. The number of methoxy groups -OCH3 is 2. The lowest BCUT2D eigenvalue weighted by Gasteiger charge is -2.42. The fourth-order valence-electron chi connectivity index (χ4n) is 2.01. The third-order valence-electron chi connectivity index (χ3n) is 3.51. The molecular weight excluding hydrogens is 280 g/mol. The van der Waals surface area contributed by atoms with Crippen molar-refractivity contribution in [1.29, 1.82) is 0 Å². The molecule has 1 saturated heterocycles. The summed E-state index contributed by atoms with van der Waals surface area (Å²) in [6, 6.07) is 0. The maximum absolute atomic E-state index is 11.0. The smallest absolute Gasteiger partial charge is 0.303 e. The van der Waals surface area contributed by atoms with Gasteiger partial charge in [0, 0.05) is 26.9 Å². The van der Waals surface area contributed by atoms with Crippen LogP contribution in [0.25, 0.3) is 0 Å². The second kappa shape index (κ2) is 9.70. The Bertz CT molecular complexity index is 329. The number of carbonyl (C=O) groups excluding carboxylic acids is 2. The zero-order valence-electron chi connectivity index (χ0n) is 13.5. The maximum Gasteiger partial charge on any atom is 0.303 e. The van der Waals surface area contributed by atoms with E-state index in [0.29, 0.717) is 0 Å². The first-order valence-electron chi connectivity index (χ1n) is 6.79. The van der Waals surface area contributed by atoms with Gasteiger partial charge in [0.05, 0.1) is 19.8 Å². The number of esters is 2. The fraction of sp³-hybridized carbons (Fsp3) is 0.857. The van der Waals surface area contributed by atoms with Gasteiger partial charge in [-0.15, -0.1) is 0 Å². The molecule has 0 spiro atoms.